The minimum atomic E-state index is -0.277. The van der Waals surface area contributed by atoms with Crippen LogP contribution in [0.3, 0.4) is 0 Å². The minimum absolute atomic E-state index is 0.277. The molecule has 2 aromatic rings. The molecule has 1 heterocycles. The lowest BCUT2D eigenvalue weighted by Gasteiger charge is -2.09. The molecule has 0 bridgehead atoms. The van der Waals surface area contributed by atoms with Crippen LogP contribution < -0.4 is 15.8 Å². The Bertz CT molecular complexity index is 599. The summed E-state index contributed by atoms with van der Waals surface area (Å²) in [4.78, 5) is 16.2. The highest BCUT2D eigenvalue weighted by Gasteiger charge is 2.12. The average Bonchev–Trinajstić information content (AvgIpc) is 2.41. The monoisotopic (exact) mass is 321 g/mol. The molecule has 0 unspecified atom stereocenters. The van der Waals surface area contributed by atoms with E-state index in [2.05, 4.69) is 26.2 Å². The number of ether oxygens (including phenoxy) is 1. The van der Waals surface area contributed by atoms with Crippen molar-refractivity contribution in [2.24, 2.45) is 0 Å². The maximum atomic E-state index is 12.1. The summed E-state index contributed by atoms with van der Waals surface area (Å²) in [6.45, 7) is 0. The molecular formula is C13H12BrN3O2. The van der Waals surface area contributed by atoms with Gasteiger partial charge in [-0.1, -0.05) is 0 Å². The highest BCUT2D eigenvalue weighted by Crippen LogP contribution is 2.22. The van der Waals surface area contributed by atoms with Crippen LogP contribution in [0.15, 0.2) is 41.1 Å². The number of anilines is 2. The average molecular weight is 322 g/mol. The van der Waals surface area contributed by atoms with Crippen molar-refractivity contribution in [2.75, 3.05) is 18.2 Å². The molecule has 0 spiro atoms. The summed E-state index contributed by atoms with van der Waals surface area (Å²) in [5.41, 5.74) is 7.21. The summed E-state index contributed by atoms with van der Waals surface area (Å²) in [7, 11) is 1.49. The van der Waals surface area contributed by atoms with Gasteiger partial charge in [0, 0.05) is 11.8 Å². The van der Waals surface area contributed by atoms with Crippen LogP contribution in [0.25, 0.3) is 0 Å². The van der Waals surface area contributed by atoms with E-state index in [9.17, 15) is 4.79 Å². The molecule has 19 heavy (non-hydrogen) atoms. The molecule has 1 aromatic heterocycles. The lowest BCUT2D eigenvalue weighted by Crippen LogP contribution is -2.13. The molecule has 98 valence electrons. The van der Waals surface area contributed by atoms with Crippen LogP contribution in [-0.4, -0.2) is 18.0 Å². The number of hydrogen-bond donors (Lipinski definition) is 2. The normalized spacial score (nSPS) is 10.0. The fraction of sp³-hybridized carbons (Fsp3) is 0.0769. The van der Waals surface area contributed by atoms with Crippen molar-refractivity contribution in [3.05, 3.63) is 46.7 Å². The number of nitrogens with one attached hydrogen (secondary N) is 1. The third-order valence-corrected chi connectivity index (χ3v) is 2.92. The topological polar surface area (TPSA) is 77.2 Å². The fourth-order valence-corrected chi connectivity index (χ4v) is 1.78. The van der Waals surface area contributed by atoms with Gasteiger partial charge in [-0.15, -0.1) is 0 Å². The molecule has 0 saturated carbocycles. The van der Waals surface area contributed by atoms with E-state index in [0.29, 0.717) is 27.3 Å². The highest BCUT2D eigenvalue weighted by molar-refractivity contribution is 9.10. The van der Waals surface area contributed by atoms with E-state index < -0.39 is 0 Å². The Kier molecular flexibility index (Phi) is 4.01. The smallest absolute Gasteiger partial charge is 0.259 e. The molecule has 0 saturated heterocycles. The summed E-state index contributed by atoms with van der Waals surface area (Å²) in [5, 5.41) is 2.74. The molecule has 0 aliphatic carbocycles. The molecule has 0 aliphatic rings. The van der Waals surface area contributed by atoms with Crippen LogP contribution in [0, 0.1) is 0 Å². The maximum absolute atomic E-state index is 12.1. The number of carbonyl (C=O) groups excluding carboxylic acids is 1. The van der Waals surface area contributed by atoms with Gasteiger partial charge in [-0.3, -0.25) is 4.79 Å². The largest absolute Gasteiger partial charge is 0.496 e. The first-order valence-electron chi connectivity index (χ1n) is 5.46. The van der Waals surface area contributed by atoms with Crippen molar-refractivity contribution < 1.29 is 9.53 Å². The van der Waals surface area contributed by atoms with E-state index in [1.165, 1.54) is 7.11 Å². The number of carbonyl (C=O) groups is 1. The molecule has 6 heteroatoms. The van der Waals surface area contributed by atoms with E-state index >= 15 is 0 Å². The summed E-state index contributed by atoms with van der Waals surface area (Å²) in [6.07, 6.45) is 1.56. The number of amides is 1. The quantitative estimate of drug-likeness (QED) is 0.673. The Morgan fingerprint density at radius 1 is 1.37 bits per heavy atom. The molecule has 5 nitrogen and oxygen atoms in total. The van der Waals surface area contributed by atoms with Gasteiger partial charge in [-0.05, 0) is 40.2 Å². The summed E-state index contributed by atoms with van der Waals surface area (Å²) in [6, 6.07) is 8.37. The van der Waals surface area contributed by atoms with Crippen molar-refractivity contribution in [3.63, 3.8) is 0 Å². The third kappa shape index (κ3) is 3.23. The second-order valence-corrected chi connectivity index (χ2v) is 4.60. The molecule has 0 fully saturated rings. The van der Waals surface area contributed by atoms with E-state index in [-0.39, 0.29) is 5.91 Å². The number of nitrogen functional groups attached to an aromatic ring is 1. The van der Waals surface area contributed by atoms with E-state index in [4.69, 9.17) is 10.5 Å². The Balaban J connectivity index is 2.22. The van der Waals surface area contributed by atoms with Crippen LogP contribution in [0.5, 0.6) is 5.75 Å². The van der Waals surface area contributed by atoms with Crippen LogP contribution in [0.1, 0.15) is 10.4 Å². The van der Waals surface area contributed by atoms with Gasteiger partial charge in [-0.2, -0.15) is 0 Å². The Morgan fingerprint density at radius 3 is 2.79 bits per heavy atom. The summed E-state index contributed by atoms with van der Waals surface area (Å²) in [5.74, 6) is 0.156. The number of aromatic nitrogens is 1. The van der Waals surface area contributed by atoms with Gasteiger partial charge >= 0.3 is 0 Å². The van der Waals surface area contributed by atoms with Crippen molar-refractivity contribution in [2.45, 2.75) is 0 Å². The van der Waals surface area contributed by atoms with Gasteiger partial charge in [0.25, 0.3) is 5.91 Å². The molecule has 0 atom stereocenters. The number of pyridine rings is 1. The first kappa shape index (κ1) is 13.4. The fourth-order valence-electron chi connectivity index (χ4n) is 1.54. The van der Waals surface area contributed by atoms with E-state index in [1.807, 2.05) is 0 Å². The molecule has 0 aliphatic heterocycles. The number of nitrogens with two attached hydrogens (primary N) is 1. The van der Waals surface area contributed by atoms with Gasteiger partial charge in [-0.25, -0.2) is 4.98 Å². The summed E-state index contributed by atoms with van der Waals surface area (Å²) < 4.78 is 5.84. The van der Waals surface area contributed by atoms with Crippen LogP contribution >= 0.6 is 15.9 Å². The second kappa shape index (κ2) is 5.71. The minimum Gasteiger partial charge on any atom is -0.496 e. The van der Waals surface area contributed by atoms with Gasteiger partial charge < -0.3 is 15.8 Å². The van der Waals surface area contributed by atoms with E-state index in [1.54, 1.807) is 36.5 Å². The number of halogens is 1. The molecule has 3 N–H and O–H groups in total. The van der Waals surface area contributed by atoms with Crippen LogP contribution in [0.4, 0.5) is 11.4 Å². The predicted octanol–water partition coefficient (Wildman–Crippen LogP) is 2.69. The Hall–Kier alpha value is -2.08. The standard InChI is InChI=1S/C13H12BrN3O2/c1-19-11-6-8(15)2-4-10(11)13(18)17-9-3-5-12(14)16-7-9/h2-7H,15H2,1H3,(H,17,18). The van der Waals surface area contributed by atoms with Crippen molar-refractivity contribution >= 4 is 33.2 Å². The number of nitrogens with zero attached hydrogens (tertiary/aromatic N) is 1. The first-order valence-corrected chi connectivity index (χ1v) is 6.26. The van der Waals surface area contributed by atoms with Gasteiger partial charge in [0.15, 0.2) is 0 Å². The van der Waals surface area contributed by atoms with Crippen LogP contribution in [0.2, 0.25) is 0 Å². The first-order chi connectivity index (χ1) is 9.10. The van der Waals surface area contributed by atoms with Crippen molar-refractivity contribution in [1.82, 2.24) is 4.98 Å². The number of benzene rings is 1. The van der Waals surface area contributed by atoms with Crippen LogP contribution in [-0.2, 0) is 0 Å². The zero-order valence-electron chi connectivity index (χ0n) is 10.2. The lowest BCUT2D eigenvalue weighted by atomic mass is 10.1. The number of methoxy groups -OCH3 is 1. The SMILES string of the molecule is COc1cc(N)ccc1C(=O)Nc1ccc(Br)nc1. The lowest BCUT2D eigenvalue weighted by molar-refractivity contribution is 0.102. The molecule has 1 amide bonds. The zero-order chi connectivity index (χ0) is 13.8. The molecular weight excluding hydrogens is 310 g/mol. The maximum Gasteiger partial charge on any atom is 0.259 e. The molecule has 1 aromatic carbocycles. The molecule has 2 rings (SSSR count). The zero-order valence-corrected chi connectivity index (χ0v) is 11.8. The second-order valence-electron chi connectivity index (χ2n) is 3.78. The summed E-state index contributed by atoms with van der Waals surface area (Å²) >= 11 is 3.23. The third-order valence-electron chi connectivity index (χ3n) is 2.46. The van der Waals surface area contributed by atoms with Crippen molar-refractivity contribution in [1.29, 1.82) is 0 Å². The number of hydrogen-bond acceptors (Lipinski definition) is 4. The predicted molar refractivity (Wildman–Crippen MR) is 77.3 cm³/mol. The molecule has 0 radical (unpaired) electrons. The number of rotatable bonds is 3. The van der Waals surface area contributed by atoms with Crippen molar-refractivity contribution in [3.8, 4) is 5.75 Å². The van der Waals surface area contributed by atoms with Gasteiger partial charge in [0.05, 0.1) is 24.6 Å². The highest BCUT2D eigenvalue weighted by atomic mass is 79.9. The van der Waals surface area contributed by atoms with Gasteiger partial charge in [0.1, 0.15) is 10.4 Å². The van der Waals surface area contributed by atoms with E-state index in [0.717, 1.165) is 0 Å². The Labute approximate surface area is 118 Å². The van der Waals surface area contributed by atoms with Gasteiger partial charge in [0.2, 0.25) is 0 Å². The Morgan fingerprint density at radius 2 is 2.16 bits per heavy atom.